The van der Waals surface area contributed by atoms with E-state index in [2.05, 4.69) is 15.5 Å². The summed E-state index contributed by atoms with van der Waals surface area (Å²) in [4.78, 5) is 10.4. The van der Waals surface area contributed by atoms with Gasteiger partial charge in [-0.2, -0.15) is 0 Å². The maximum absolute atomic E-state index is 14.7. The molecule has 0 fully saturated rings. The van der Waals surface area contributed by atoms with Gasteiger partial charge in [0, 0.05) is 29.7 Å². The van der Waals surface area contributed by atoms with Crippen molar-refractivity contribution in [2.75, 3.05) is 19.8 Å². The summed E-state index contributed by atoms with van der Waals surface area (Å²) in [5.41, 5.74) is 1.12. The first-order valence-corrected chi connectivity index (χ1v) is 11.6. The Morgan fingerprint density at radius 3 is 2.58 bits per heavy atom. The van der Waals surface area contributed by atoms with E-state index in [-0.39, 0.29) is 42.6 Å². The van der Waals surface area contributed by atoms with Crippen molar-refractivity contribution in [2.45, 2.75) is 20.0 Å². The first-order chi connectivity index (χ1) is 15.8. The van der Waals surface area contributed by atoms with Crippen LogP contribution in [-0.2, 0) is 4.79 Å². The highest BCUT2D eigenvalue weighted by Crippen LogP contribution is 2.38. The molecule has 3 rings (SSSR count). The standard InChI is InChI=1S/C22H22Cl2FN3O4S/c1-12(2)32-19-4-3-14(5-17(19)24)21-27-28-22(33-21)15-6-18(25)20(7-16(15)23)31-10-13(9-29)8-26-11-30/h3-7,11-13,29H,8-10H2,1-2H3,(H,26,30)/t13-/m1/s1. The third kappa shape index (κ3) is 6.54. The van der Waals surface area contributed by atoms with Crippen LogP contribution in [0.1, 0.15) is 13.8 Å². The molecular weight excluding hydrogens is 492 g/mol. The van der Waals surface area contributed by atoms with Crippen LogP contribution in [-0.4, -0.2) is 47.6 Å². The molecule has 1 atom stereocenters. The number of carbonyl (C=O) groups is 1. The minimum atomic E-state index is -0.635. The normalized spacial score (nSPS) is 12.0. The van der Waals surface area contributed by atoms with Gasteiger partial charge in [-0.1, -0.05) is 34.5 Å². The molecule has 0 bridgehead atoms. The van der Waals surface area contributed by atoms with Crippen molar-refractivity contribution in [3.05, 3.63) is 46.2 Å². The fourth-order valence-electron chi connectivity index (χ4n) is 2.83. The Labute approximate surface area is 204 Å². The molecule has 0 saturated carbocycles. The number of nitrogens with zero attached hydrogens (tertiary/aromatic N) is 2. The zero-order chi connectivity index (χ0) is 24.0. The highest BCUT2D eigenvalue weighted by atomic mass is 35.5. The molecule has 1 aromatic heterocycles. The maximum Gasteiger partial charge on any atom is 0.207 e. The Morgan fingerprint density at radius 1 is 1.15 bits per heavy atom. The summed E-state index contributed by atoms with van der Waals surface area (Å²) in [6, 6.07) is 7.90. The lowest BCUT2D eigenvalue weighted by molar-refractivity contribution is -0.109. The SMILES string of the molecule is CC(C)Oc1ccc(-c2nnc(-c3cc(F)c(OC[C@@H](CO)CNC=O)cc3Cl)s2)cc1Cl. The van der Waals surface area contributed by atoms with E-state index in [9.17, 15) is 14.3 Å². The summed E-state index contributed by atoms with van der Waals surface area (Å²) in [6.07, 6.45) is 0.514. The van der Waals surface area contributed by atoms with E-state index in [0.717, 1.165) is 5.56 Å². The monoisotopic (exact) mass is 513 g/mol. The molecule has 0 spiro atoms. The minimum Gasteiger partial charge on any atom is -0.490 e. The number of aliphatic hydroxyl groups is 1. The van der Waals surface area contributed by atoms with Crippen LogP contribution in [0.15, 0.2) is 30.3 Å². The van der Waals surface area contributed by atoms with Gasteiger partial charge in [0.05, 0.1) is 29.4 Å². The number of hydrogen-bond acceptors (Lipinski definition) is 7. The molecule has 2 N–H and O–H groups in total. The number of aliphatic hydroxyl groups excluding tert-OH is 1. The first-order valence-electron chi connectivity index (χ1n) is 10.0. The highest BCUT2D eigenvalue weighted by Gasteiger charge is 2.18. The summed E-state index contributed by atoms with van der Waals surface area (Å²) in [5.74, 6) is -0.510. The zero-order valence-electron chi connectivity index (χ0n) is 17.8. The van der Waals surface area contributed by atoms with E-state index in [4.69, 9.17) is 32.7 Å². The van der Waals surface area contributed by atoms with Crippen LogP contribution in [0.2, 0.25) is 10.0 Å². The summed E-state index contributed by atoms with van der Waals surface area (Å²) in [7, 11) is 0. The van der Waals surface area contributed by atoms with Gasteiger partial charge in [0.1, 0.15) is 15.8 Å². The predicted molar refractivity (Wildman–Crippen MR) is 127 cm³/mol. The largest absolute Gasteiger partial charge is 0.490 e. The molecule has 0 saturated heterocycles. The van der Waals surface area contributed by atoms with Gasteiger partial charge in [0.25, 0.3) is 0 Å². The number of carbonyl (C=O) groups excluding carboxylic acids is 1. The van der Waals surface area contributed by atoms with Gasteiger partial charge in [-0.3, -0.25) is 4.79 Å². The number of nitrogens with one attached hydrogen (secondary N) is 1. The molecule has 0 aliphatic carbocycles. The van der Waals surface area contributed by atoms with E-state index < -0.39 is 5.82 Å². The van der Waals surface area contributed by atoms with Gasteiger partial charge in [-0.25, -0.2) is 4.39 Å². The molecule has 11 heteroatoms. The van der Waals surface area contributed by atoms with Crippen LogP contribution in [0.4, 0.5) is 4.39 Å². The van der Waals surface area contributed by atoms with Crippen molar-refractivity contribution >= 4 is 40.9 Å². The van der Waals surface area contributed by atoms with Crippen LogP contribution in [0, 0.1) is 11.7 Å². The Balaban J connectivity index is 1.78. The second kappa shape index (κ2) is 11.6. The van der Waals surface area contributed by atoms with Crippen molar-refractivity contribution in [1.29, 1.82) is 0 Å². The van der Waals surface area contributed by atoms with Crippen LogP contribution >= 0.6 is 34.5 Å². The van der Waals surface area contributed by atoms with Gasteiger partial charge in [-0.05, 0) is 38.1 Å². The molecule has 2 aromatic carbocycles. The van der Waals surface area contributed by atoms with Crippen molar-refractivity contribution in [2.24, 2.45) is 5.92 Å². The minimum absolute atomic E-state index is 0.00414. The van der Waals surface area contributed by atoms with Gasteiger partial charge in [-0.15, -0.1) is 10.2 Å². The molecule has 0 aliphatic heterocycles. The molecule has 0 radical (unpaired) electrons. The fourth-order valence-corrected chi connectivity index (χ4v) is 4.23. The lowest BCUT2D eigenvalue weighted by Gasteiger charge is -2.15. The summed E-state index contributed by atoms with van der Waals surface area (Å²) in [6.45, 7) is 3.81. The average molecular weight is 514 g/mol. The molecule has 1 heterocycles. The van der Waals surface area contributed by atoms with Crippen LogP contribution in [0.5, 0.6) is 11.5 Å². The molecule has 3 aromatic rings. The van der Waals surface area contributed by atoms with Gasteiger partial charge in [0.15, 0.2) is 11.6 Å². The maximum atomic E-state index is 14.7. The Kier molecular flexibility index (Phi) is 8.85. The van der Waals surface area contributed by atoms with Gasteiger partial charge in [0.2, 0.25) is 6.41 Å². The van der Waals surface area contributed by atoms with E-state index in [1.165, 1.54) is 23.5 Å². The van der Waals surface area contributed by atoms with E-state index in [1.807, 2.05) is 19.9 Å². The van der Waals surface area contributed by atoms with Gasteiger partial charge >= 0.3 is 0 Å². The third-order valence-electron chi connectivity index (χ3n) is 4.44. The van der Waals surface area contributed by atoms with Crippen LogP contribution in [0.3, 0.4) is 0 Å². The van der Waals surface area contributed by atoms with E-state index >= 15 is 0 Å². The quantitative estimate of drug-likeness (QED) is 0.356. The summed E-state index contributed by atoms with van der Waals surface area (Å²) >= 11 is 13.9. The number of aromatic nitrogens is 2. The summed E-state index contributed by atoms with van der Waals surface area (Å²) in [5, 5.41) is 21.8. The van der Waals surface area contributed by atoms with E-state index in [1.54, 1.807) is 12.1 Å². The smallest absolute Gasteiger partial charge is 0.207 e. The van der Waals surface area contributed by atoms with Crippen molar-refractivity contribution in [3.63, 3.8) is 0 Å². The number of hydrogen-bond donors (Lipinski definition) is 2. The van der Waals surface area contributed by atoms with Crippen LogP contribution < -0.4 is 14.8 Å². The molecule has 0 unspecified atom stereocenters. The third-order valence-corrected chi connectivity index (χ3v) is 6.05. The molecule has 7 nitrogen and oxygen atoms in total. The Morgan fingerprint density at radius 2 is 1.91 bits per heavy atom. The van der Waals surface area contributed by atoms with Crippen molar-refractivity contribution < 1.29 is 23.8 Å². The fraction of sp³-hybridized carbons (Fsp3) is 0.318. The highest BCUT2D eigenvalue weighted by molar-refractivity contribution is 7.18. The summed E-state index contributed by atoms with van der Waals surface area (Å²) < 4.78 is 25.8. The predicted octanol–water partition coefficient (Wildman–Crippen LogP) is 4.84. The first kappa shape index (κ1) is 25.2. The lowest BCUT2D eigenvalue weighted by atomic mass is 10.2. The molecule has 1 amide bonds. The molecular formula is C22H22Cl2FN3O4S. The Hall–Kier alpha value is -2.46. The molecule has 0 aliphatic rings. The second-order valence-corrected chi connectivity index (χ2v) is 9.16. The number of amides is 1. The number of halogens is 3. The Bertz CT molecular complexity index is 1110. The topological polar surface area (TPSA) is 93.6 Å². The zero-order valence-corrected chi connectivity index (χ0v) is 20.2. The van der Waals surface area contributed by atoms with Crippen LogP contribution in [0.25, 0.3) is 21.1 Å². The molecule has 176 valence electrons. The van der Waals surface area contributed by atoms with E-state index in [0.29, 0.717) is 32.8 Å². The average Bonchev–Trinajstić information content (AvgIpc) is 3.27. The number of rotatable bonds is 11. The van der Waals surface area contributed by atoms with Crippen molar-refractivity contribution in [3.8, 4) is 32.6 Å². The lowest BCUT2D eigenvalue weighted by Crippen LogP contribution is -2.28. The number of ether oxygens (including phenoxy) is 2. The van der Waals surface area contributed by atoms with Gasteiger partial charge < -0.3 is 19.9 Å². The molecule has 33 heavy (non-hydrogen) atoms. The second-order valence-electron chi connectivity index (χ2n) is 7.37. The van der Waals surface area contributed by atoms with Crippen molar-refractivity contribution in [1.82, 2.24) is 15.5 Å². The number of benzene rings is 2.